The van der Waals surface area contributed by atoms with E-state index >= 15 is 0 Å². The van der Waals surface area contributed by atoms with E-state index in [1.54, 1.807) is 0 Å². The molecule has 2 unspecified atom stereocenters. The minimum absolute atomic E-state index is 0.187. The van der Waals surface area contributed by atoms with Gasteiger partial charge in [0.05, 0.1) is 5.92 Å². The normalized spacial score (nSPS) is 22.4. The number of carboxylic acid groups (broad SMARTS) is 1. The molecule has 1 aromatic heterocycles. The zero-order chi connectivity index (χ0) is 19.0. The molecular weight excluding hydrogens is 353 g/mol. The van der Waals surface area contributed by atoms with Crippen molar-refractivity contribution in [2.75, 3.05) is 5.32 Å². The SMILES string of the molecule is O=C(O)C1CCCC(C(=O)Nc2ccc(F)c(-n3nnnc3C3CC3)c2)C1. The lowest BCUT2D eigenvalue weighted by Gasteiger charge is -2.25. The minimum Gasteiger partial charge on any atom is -0.481 e. The van der Waals surface area contributed by atoms with Gasteiger partial charge >= 0.3 is 5.97 Å². The third-order valence-electron chi connectivity index (χ3n) is 5.27. The molecule has 2 aliphatic rings. The van der Waals surface area contributed by atoms with Crippen molar-refractivity contribution in [3.8, 4) is 5.69 Å². The summed E-state index contributed by atoms with van der Waals surface area (Å²) in [5.74, 6) is -1.56. The van der Waals surface area contributed by atoms with Crippen LogP contribution in [0.5, 0.6) is 0 Å². The molecule has 9 heteroatoms. The number of hydrogen-bond donors (Lipinski definition) is 2. The van der Waals surface area contributed by atoms with Gasteiger partial charge in [0.2, 0.25) is 5.91 Å². The lowest BCUT2D eigenvalue weighted by atomic mass is 9.81. The largest absolute Gasteiger partial charge is 0.481 e. The second-order valence-electron chi connectivity index (χ2n) is 7.28. The summed E-state index contributed by atoms with van der Waals surface area (Å²) in [6.45, 7) is 0. The van der Waals surface area contributed by atoms with Gasteiger partial charge in [0.25, 0.3) is 0 Å². The van der Waals surface area contributed by atoms with Crippen molar-refractivity contribution in [2.24, 2.45) is 11.8 Å². The number of carboxylic acids is 1. The Labute approximate surface area is 154 Å². The highest BCUT2D eigenvalue weighted by Gasteiger charge is 2.32. The number of hydrogen-bond acceptors (Lipinski definition) is 5. The van der Waals surface area contributed by atoms with E-state index in [9.17, 15) is 19.1 Å². The van der Waals surface area contributed by atoms with E-state index in [1.807, 2.05) is 0 Å². The summed E-state index contributed by atoms with van der Waals surface area (Å²) < 4.78 is 15.7. The summed E-state index contributed by atoms with van der Waals surface area (Å²) in [6.07, 6.45) is 4.24. The standard InChI is InChI=1S/C18H20FN5O3/c19-14-7-6-13(9-15(14)24-16(10-4-5-10)21-22-23-24)20-17(25)11-2-1-3-12(8-11)18(26)27/h6-7,9-12H,1-5,8H2,(H,20,25)(H,26,27). The average molecular weight is 373 g/mol. The molecule has 2 aromatic rings. The van der Waals surface area contributed by atoms with Crippen LogP contribution in [0, 0.1) is 17.7 Å². The number of carbonyl (C=O) groups excluding carboxylic acids is 1. The van der Waals surface area contributed by atoms with Crippen molar-refractivity contribution in [1.82, 2.24) is 20.2 Å². The predicted molar refractivity (Wildman–Crippen MR) is 92.8 cm³/mol. The topological polar surface area (TPSA) is 110 Å². The van der Waals surface area contributed by atoms with Gasteiger partial charge in [-0.25, -0.2) is 4.39 Å². The van der Waals surface area contributed by atoms with Gasteiger partial charge in [0, 0.05) is 17.5 Å². The number of carbonyl (C=O) groups is 2. The summed E-state index contributed by atoms with van der Waals surface area (Å²) in [5.41, 5.74) is 0.623. The molecule has 2 atom stereocenters. The molecule has 0 aliphatic heterocycles. The summed E-state index contributed by atoms with van der Waals surface area (Å²) in [7, 11) is 0. The maximum Gasteiger partial charge on any atom is 0.306 e. The Morgan fingerprint density at radius 1 is 1.19 bits per heavy atom. The fraction of sp³-hybridized carbons (Fsp3) is 0.500. The number of anilines is 1. The number of nitrogens with one attached hydrogen (secondary N) is 1. The Kier molecular flexibility index (Phi) is 4.59. The Morgan fingerprint density at radius 3 is 2.70 bits per heavy atom. The molecule has 0 bridgehead atoms. The Balaban J connectivity index is 1.52. The van der Waals surface area contributed by atoms with Crippen LogP contribution in [0.3, 0.4) is 0 Å². The van der Waals surface area contributed by atoms with Gasteiger partial charge in [-0.1, -0.05) is 6.42 Å². The fourth-order valence-electron chi connectivity index (χ4n) is 3.61. The van der Waals surface area contributed by atoms with Crippen molar-refractivity contribution in [2.45, 2.75) is 44.4 Å². The Morgan fingerprint density at radius 2 is 1.96 bits per heavy atom. The molecule has 2 fully saturated rings. The van der Waals surface area contributed by atoms with Crippen LogP contribution in [0.1, 0.15) is 50.3 Å². The van der Waals surface area contributed by atoms with Gasteiger partial charge in [-0.05, 0) is 60.7 Å². The van der Waals surface area contributed by atoms with E-state index in [0.29, 0.717) is 37.2 Å². The van der Waals surface area contributed by atoms with Crippen molar-refractivity contribution >= 4 is 17.6 Å². The quantitative estimate of drug-likeness (QED) is 0.833. The van der Waals surface area contributed by atoms with Crippen LogP contribution in [-0.2, 0) is 9.59 Å². The first-order valence-corrected chi connectivity index (χ1v) is 9.15. The van der Waals surface area contributed by atoms with Crippen LogP contribution in [0.2, 0.25) is 0 Å². The number of halogens is 1. The first-order chi connectivity index (χ1) is 13.0. The van der Waals surface area contributed by atoms with E-state index in [4.69, 9.17) is 0 Å². The zero-order valence-electron chi connectivity index (χ0n) is 14.6. The van der Waals surface area contributed by atoms with Crippen LogP contribution in [0.25, 0.3) is 5.69 Å². The number of tetrazole rings is 1. The average Bonchev–Trinajstić information content (AvgIpc) is 3.40. The highest BCUT2D eigenvalue weighted by molar-refractivity contribution is 5.93. The van der Waals surface area contributed by atoms with E-state index in [2.05, 4.69) is 20.8 Å². The number of aliphatic carboxylic acids is 1. The molecule has 8 nitrogen and oxygen atoms in total. The first-order valence-electron chi connectivity index (χ1n) is 9.15. The molecule has 1 amide bonds. The van der Waals surface area contributed by atoms with Gasteiger partial charge in [-0.15, -0.1) is 5.10 Å². The molecule has 142 valence electrons. The number of rotatable bonds is 5. The van der Waals surface area contributed by atoms with Crippen molar-refractivity contribution in [1.29, 1.82) is 0 Å². The highest BCUT2D eigenvalue weighted by atomic mass is 19.1. The predicted octanol–water partition coefficient (Wildman–Crippen LogP) is 2.51. The first kappa shape index (κ1) is 17.6. The maximum absolute atomic E-state index is 14.3. The monoisotopic (exact) mass is 373 g/mol. The number of nitrogens with zero attached hydrogens (tertiary/aromatic N) is 4. The molecule has 0 saturated heterocycles. The number of amides is 1. The van der Waals surface area contributed by atoms with Crippen LogP contribution in [0.15, 0.2) is 18.2 Å². The molecule has 2 aliphatic carbocycles. The van der Waals surface area contributed by atoms with Crippen molar-refractivity contribution in [3.63, 3.8) is 0 Å². The smallest absolute Gasteiger partial charge is 0.306 e. The van der Waals surface area contributed by atoms with Crippen molar-refractivity contribution in [3.05, 3.63) is 29.8 Å². The van der Waals surface area contributed by atoms with Gasteiger partial charge in [-0.2, -0.15) is 4.68 Å². The van der Waals surface area contributed by atoms with Crippen LogP contribution < -0.4 is 5.32 Å². The molecule has 1 heterocycles. The van der Waals surface area contributed by atoms with Gasteiger partial charge in [0.15, 0.2) is 5.82 Å². The highest BCUT2D eigenvalue weighted by Crippen LogP contribution is 2.39. The number of benzene rings is 1. The Hall–Kier alpha value is -2.84. The van der Waals surface area contributed by atoms with Crippen LogP contribution in [-0.4, -0.2) is 37.2 Å². The summed E-state index contributed by atoms with van der Waals surface area (Å²) in [6, 6.07) is 4.26. The molecule has 2 saturated carbocycles. The van der Waals surface area contributed by atoms with E-state index in [1.165, 1.54) is 22.9 Å². The van der Waals surface area contributed by atoms with Gasteiger partial charge in [0.1, 0.15) is 11.5 Å². The third kappa shape index (κ3) is 3.67. The number of aromatic nitrogens is 4. The van der Waals surface area contributed by atoms with Crippen LogP contribution >= 0.6 is 0 Å². The lowest BCUT2D eigenvalue weighted by molar-refractivity contribution is -0.143. The van der Waals surface area contributed by atoms with E-state index in [-0.39, 0.29) is 23.4 Å². The second-order valence-corrected chi connectivity index (χ2v) is 7.28. The fourth-order valence-corrected chi connectivity index (χ4v) is 3.61. The zero-order valence-corrected chi connectivity index (χ0v) is 14.6. The summed E-state index contributed by atoms with van der Waals surface area (Å²) in [4.78, 5) is 23.8. The van der Waals surface area contributed by atoms with Crippen molar-refractivity contribution < 1.29 is 19.1 Å². The summed E-state index contributed by atoms with van der Waals surface area (Å²) in [5, 5.41) is 23.5. The van der Waals surface area contributed by atoms with E-state index in [0.717, 1.165) is 12.8 Å². The summed E-state index contributed by atoms with van der Waals surface area (Å²) >= 11 is 0. The molecule has 2 N–H and O–H groups in total. The molecule has 1 aromatic carbocycles. The molecule has 27 heavy (non-hydrogen) atoms. The van der Waals surface area contributed by atoms with Crippen LogP contribution in [0.4, 0.5) is 10.1 Å². The molecular formula is C18H20FN5O3. The molecule has 0 radical (unpaired) electrons. The van der Waals surface area contributed by atoms with Gasteiger partial charge < -0.3 is 10.4 Å². The third-order valence-corrected chi connectivity index (χ3v) is 5.27. The lowest BCUT2D eigenvalue weighted by Crippen LogP contribution is -2.31. The molecule has 0 spiro atoms. The van der Waals surface area contributed by atoms with E-state index < -0.39 is 17.7 Å². The maximum atomic E-state index is 14.3. The molecule has 4 rings (SSSR count). The van der Waals surface area contributed by atoms with Gasteiger partial charge in [-0.3, -0.25) is 9.59 Å². The Bertz CT molecular complexity index is 880. The second kappa shape index (κ2) is 7.05. The minimum atomic E-state index is -0.858.